The molecule has 0 aromatic heterocycles. The van der Waals surface area contributed by atoms with E-state index < -0.39 is 0 Å². The van der Waals surface area contributed by atoms with Crippen LogP contribution in [0.1, 0.15) is 13.3 Å². The Kier molecular flexibility index (Phi) is 2.22. The minimum Gasteiger partial charge on any atom is -0.373 e. The summed E-state index contributed by atoms with van der Waals surface area (Å²) in [6.07, 6.45) is 0.791. The number of carbonyl (C=O) groups excluding carboxylic acids is 1. The highest BCUT2D eigenvalue weighted by Crippen LogP contribution is 2.16. The summed E-state index contributed by atoms with van der Waals surface area (Å²) >= 11 is 0. The number of rotatable bonds is 2. The lowest BCUT2D eigenvalue weighted by molar-refractivity contribution is -0.120. The first-order chi connectivity index (χ1) is 4.70. The molecule has 1 rings (SSSR count). The molecule has 56 valence electrons. The van der Waals surface area contributed by atoms with E-state index in [0.717, 1.165) is 12.0 Å². The largest absolute Gasteiger partial charge is 0.373 e. The van der Waals surface area contributed by atoms with Gasteiger partial charge in [0.25, 0.3) is 0 Å². The van der Waals surface area contributed by atoms with Gasteiger partial charge in [-0.1, -0.05) is 5.57 Å². The normalized spacial score (nSPS) is 25.3. The van der Waals surface area contributed by atoms with Crippen molar-refractivity contribution in [3.8, 4) is 0 Å². The Labute approximate surface area is 60.9 Å². The monoisotopic (exact) mass is 140 g/mol. The van der Waals surface area contributed by atoms with Crippen molar-refractivity contribution in [1.82, 2.24) is 0 Å². The van der Waals surface area contributed by atoms with Gasteiger partial charge < -0.3 is 4.74 Å². The van der Waals surface area contributed by atoms with Crippen LogP contribution < -0.4 is 0 Å². The van der Waals surface area contributed by atoms with Crippen LogP contribution in [0.2, 0.25) is 0 Å². The Morgan fingerprint density at radius 2 is 2.60 bits per heavy atom. The van der Waals surface area contributed by atoms with Crippen LogP contribution in [0.25, 0.3) is 0 Å². The summed E-state index contributed by atoms with van der Waals surface area (Å²) in [6, 6.07) is 0. The topological polar surface area (TPSA) is 26.3 Å². The minimum atomic E-state index is 0.0949. The van der Waals surface area contributed by atoms with Crippen molar-refractivity contribution in [2.24, 2.45) is 5.92 Å². The smallest absolute Gasteiger partial charge is 0.164 e. The standard InChI is InChI=1S/C8H12O2/c1-6(2)3-7-4-10-5-8(7)9/h7H,1,3-5H2,2H3. The maximum absolute atomic E-state index is 10.9. The summed E-state index contributed by atoms with van der Waals surface area (Å²) in [6.45, 7) is 6.57. The van der Waals surface area contributed by atoms with Gasteiger partial charge >= 0.3 is 0 Å². The molecule has 0 radical (unpaired) electrons. The van der Waals surface area contributed by atoms with E-state index in [4.69, 9.17) is 4.74 Å². The third-order valence-corrected chi connectivity index (χ3v) is 1.61. The van der Waals surface area contributed by atoms with E-state index in [1.165, 1.54) is 0 Å². The van der Waals surface area contributed by atoms with Crippen LogP contribution in [0, 0.1) is 5.92 Å². The van der Waals surface area contributed by atoms with Crippen LogP contribution in [0.4, 0.5) is 0 Å². The molecule has 0 bridgehead atoms. The van der Waals surface area contributed by atoms with Crippen molar-refractivity contribution in [3.05, 3.63) is 12.2 Å². The fraction of sp³-hybridized carbons (Fsp3) is 0.625. The van der Waals surface area contributed by atoms with Crippen LogP contribution in [-0.2, 0) is 9.53 Å². The van der Waals surface area contributed by atoms with Crippen molar-refractivity contribution in [1.29, 1.82) is 0 Å². The molecule has 1 saturated heterocycles. The lowest BCUT2D eigenvalue weighted by Crippen LogP contribution is -2.10. The number of hydrogen-bond donors (Lipinski definition) is 0. The van der Waals surface area contributed by atoms with E-state index in [2.05, 4.69) is 6.58 Å². The first-order valence-electron chi connectivity index (χ1n) is 3.45. The van der Waals surface area contributed by atoms with Gasteiger partial charge in [0.1, 0.15) is 6.61 Å². The molecule has 0 aromatic carbocycles. The van der Waals surface area contributed by atoms with E-state index >= 15 is 0 Å². The predicted molar refractivity (Wildman–Crippen MR) is 38.7 cm³/mol. The molecule has 1 atom stereocenters. The second-order valence-corrected chi connectivity index (χ2v) is 2.84. The van der Waals surface area contributed by atoms with E-state index in [1.54, 1.807) is 0 Å². The predicted octanol–water partition coefficient (Wildman–Crippen LogP) is 1.17. The first-order valence-corrected chi connectivity index (χ1v) is 3.45. The molecule has 0 aliphatic carbocycles. The van der Waals surface area contributed by atoms with Crippen molar-refractivity contribution in [3.63, 3.8) is 0 Å². The van der Waals surface area contributed by atoms with E-state index in [-0.39, 0.29) is 11.7 Å². The van der Waals surface area contributed by atoms with Crippen molar-refractivity contribution < 1.29 is 9.53 Å². The van der Waals surface area contributed by atoms with Gasteiger partial charge in [0.05, 0.1) is 6.61 Å². The molecule has 0 amide bonds. The zero-order chi connectivity index (χ0) is 7.56. The number of carbonyl (C=O) groups is 1. The van der Waals surface area contributed by atoms with Crippen molar-refractivity contribution in [2.75, 3.05) is 13.2 Å². The van der Waals surface area contributed by atoms with E-state index in [1.807, 2.05) is 6.92 Å². The van der Waals surface area contributed by atoms with Gasteiger partial charge in [0, 0.05) is 5.92 Å². The summed E-state index contributed by atoms with van der Waals surface area (Å²) < 4.78 is 4.98. The molecule has 1 heterocycles. The average molecular weight is 140 g/mol. The maximum atomic E-state index is 10.9. The average Bonchev–Trinajstić information content (AvgIpc) is 2.15. The molecule has 0 N–H and O–H groups in total. The first kappa shape index (κ1) is 7.48. The molecule has 0 spiro atoms. The molecular weight excluding hydrogens is 128 g/mol. The third-order valence-electron chi connectivity index (χ3n) is 1.61. The Morgan fingerprint density at radius 1 is 1.90 bits per heavy atom. The number of Topliss-reactive ketones (excluding diaryl/α,β-unsaturated/α-hetero) is 1. The Hall–Kier alpha value is -0.630. The summed E-state index contributed by atoms with van der Waals surface area (Å²) in [5.41, 5.74) is 1.06. The number of allylic oxidation sites excluding steroid dienone is 1. The van der Waals surface area contributed by atoms with Crippen LogP contribution >= 0.6 is 0 Å². The molecule has 0 saturated carbocycles. The maximum Gasteiger partial charge on any atom is 0.164 e. The molecule has 2 nitrogen and oxygen atoms in total. The van der Waals surface area contributed by atoms with Crippen LogP contribution in [0.5, 0.6) is 0 Å². The van der Waals surface area contributed by atoms with E-state index in [9.17, 15) is 4.79 Å². The fourth-order valence-electron chi connectivity index (χ4n) is 1.11. The van der Waals surface area contributed by atoms with Crippen molar-refractivity contribution in [2.45, 2.75) is 13.3 Å². The summed E-state index contributed by atoms with van der Waals surface area (Å²) in [5.74, 6) is 0.320. The SMILES string of the molecule is C=C(C)CC1COCC1=O. The van der Waals surface area contributed by atoms with Gasteiger partial charge in [-0.2, -0.15) is 0 Å². The lowest BCUT2D eigenvalue weighted by atomic mass is 10.00. The van der Waals surface area contributed by atoms with Crippen LogP contribution in [0.15, 0.2) is 12.2 Å². The Balaban J connectivity index is 2.40. The fourth-order valence-corrected chi connectivity index (χ4v) is 1.11. The highest BCUT2D eigenvalue weighted by atomic mass is 16.5. The van der Waals surface area contributed by atoms with Crippen LogP contribution in [0.3, 0.4) is 0 Å². The minimum absolute atomic E-state index is 0.0949. The van der Waals surface area contributed by atoms with E-state index in [0.29, 0.717) is 13.2 Å². The Morgan fingerprint density at radius 3 is 3.00 bits per heavy atom. The molecule has 1 aliphatic heterocycles. The molecule has 2 heteroatoms. The molecule has 10 heavy (non-hydrogen) atoms. The highest BCUT2D eigenvalue weighted by molar-refractivity contribution is 5.84. The number of ether oxygens (including phenoxy) is 1. The number of ketones is 1. The molecule has 1 unspecified atom stereocenters. The second-order valence-electron chi connectivity index (χ2n) is 2.84. The molecule has 0 aromatic rings. The summed E-state index contributed by atoms with van der Waals surface area (Å²) in [7, 11) is 0. The zero-order valence-corrected chi connectivity index (χ0v) is 6.22. The van der Waals surface area contributed by atoms with Crippen LogP contribution in [-0.4, -0.2) is 19.0 Å². The summed E-state index contributed by atoms with van der Waals surface area (Å²) in [5, 5.41) is 0. The zero-order valence-electron chi connectivity index (χ0n) is 6.22. The van der Waals surface area contributed by atoms with Gasteiger partial charge in [0.2, 0.25) is 0 Å². The molecule has 1 fully saturated rings. The lowest BCUT2D eigenvalue weighted by Gasteiger charge is -2.03. The van der Waals surface area contributed by atoms with Gasteiger partial charge in [-0.15, -0.1) is 6.58 Å². The van der Waals surface area contributed by atoms with Crippen molar-refractivity contribution >= 4 is 5.78 Å². The number of hydrogen-bond acceptors (Lipinski definition) is 2. The molecular formula is C8H12O2. The second kappa shape index (κ2) is 2.97. The summed E-state index contributed by atoms with van der Waals surface area (Å²) in [4.78, 5) is 10.9. The Bertz CT molecular complexity index is 161. The van der Waals surface area contributed by atoms with Gasteiger partial charge in [-0.25, -0.2) is 0 Å². The van der Waals surface area contributed by atoms with Gasteiger partial charge in [0.15, 0.2) is 5.78 Å². The molecule has 1 aliphatic rings. The van der Waals surface area contributed by atoms with Gasteiger partial charge in [-0.3, -0.25) is 4.79 Å². The quantitative estimate of drug-likeness (QED) is 0.538. The third kappa shape index (κ3) is 1.67. The van der Waals surface area contributed by atoms with Gasteiger partial charge in [-0.05, 0) is 13.3 Å². The highest BCUT2D eigenvalue weighted by Gasteiger charge is 2.24.